The molecule has 0 radical (unpaired) electrons. The lowest BCUT2D eigenvalue weighted by Crippen LogP contribution is -2.47. The molecule has 0 spiro atoms. The Morgan fingerprint density at radius 1 is 1.35 bits per heavy atom. The predicted molar refractivity (Wildman–Crippen MR) is 85.9 cm³/mol. The third-order valence-corrected chi connectivity index (χ3v) is 6.13. The number of benzene rings is 1. The first kappa shape index (κ1) is 16.4. The van der Waals surface area contributed by atoms with E-state index in [1.54, 1.807) is 6.92 Å². The summed E-state index contributed by atoms with van der Waals surface area (Å²) in [4.78, 5) is 12.0. The molecule has 0 saturated carbocycles. The molecule has 126 valence electrons. The Balaban J connectivity index is 1.76. The highest BCUT2D eigenvalue weighted by atomic mass is 32.2. The van der Waals surface area contributed by atoms with Gasteiger partial charge in [-0.1, -0.05) is 24.3 Å². The smallest absolute Gasteiger partial charge is 0.324 e. The van der Waals surface area contributed by atoms with Gasteiger partial charge in [0.15, 0.2) is 0 Å². The molecule has 1 aliphatic carbocycles. The van der Waals surface area contributed by atoms with E-state index in [0.717, 1.165) is 18.4 Å². The van der Waals surface area contributed by atoms with Crippen LogP contribution in [0.2, 0.25) is 0 Å². The first-order chi connectivity index (χ1) is 11.0. The Kier molecular flexibility index (Phi) is 4.70. The number of fused-ring (bicyclic) bond motifs is 1. The van der Waals surface area contributed by atoms with Crippen molar-refractivity contribution in [2.24, 2.45) is 0 Å². The van der Waals surface area contributed by atoms with E-state index in [1.165, 1.54) is 9.87 Å². The van der Waals surface area contributed by atoms with Gasteiger partial charge in [0.05, 0.1) is 6.61 Å². The van der Waals surface area contributed by atoms with Crippen LogP contribution in [0.25, 0.3) is 0 Å². The van der Waals surface area contributed by atoms with E-state index in [-0.39, 0.29) is 12.6 Å². The molecule has 6 nitrogen and oxygen atoms in total. The quantitative estimate of drug-likeness (QED) is 0.826. The number of nitrogens with one attached hydrogen (secondary N) is 1. The molecule has 0 unspecified atom stereocenters. The topological polar surface area (TPSA) is 75.7 Å². The molecule has 1 heterocycles. The van der Waals surface area contributed by atoms with Crippen LogP contribution in [0.1, 0.15) is 43.4 Å². The third kappa shape index (κ3) is 3.27. The average Bonchev–Trinajstić information content (AvgIpc) is 3.15. The van der Waals surface area contributed by atoms with E-state index < -0.39 is 22.2 Å². The Morgan fingerprint density at radius 2 is 2.13 bits per heavy atom. The molecule has 1 aromatic rings. The summed E-state index contributed by atoms with van der Waals surface area (Å²) >= 11 is 0. The predicted octanol–water partition coefficient (Wildman–Crippen LogP) is 1.54. The molecule has 1 aliphatic heterocycles. The summed E-state index contributed by atoms with van der Waals surface area (Å²) in [5, 5.41) is 0. The lowest BCUT2D eigenvalue weighted by molar-refractivity contribution is -0.146. The molecule has 7 heteroatoms. The van der Waals surface area contributed by atoms with E-state index in [2.05, 4.69) is 4.72 Å². The summed E-state index contributed by atoms with van der Waals surface area (Å²) in [5.41, 5.74) is 2.21. The van der Waals surface area contributed by atoms with Crippen LogP contribution in [0.3, 0.4) is 0 Å². The van der Waals surface area contributed by atoms with Gasteiger partial charge in [-0.05, 0) is 43.7 Å². The standard InChI is InChI=1S/C16H22N2O4S/c1-2-22-16(19)15-8-5-11-18(15)23(20,21)17-14-10-9-12-6-3-4-7-13(12)14/h3-4,6-7,14-15,17H,2,5,8-11H2,1H3/t14-,15+/m0/s1. The summed E-state index contributed by atoms with van der Waals surface area (Å²) in [6.07, 6.45) is 2.80. The normalized spacial score (nSPS) is 24.6. The maximum Gasteiger partial charge on any atom is 0.324 e. The number of esters is 1. The highest BCUT2D eigenvalue weighted by Gasteiger charge is 2.41. The second kappa shape index (κ2) is 6.59. The van der Waals surface area contributed by atoms with Crippen LogP contribution in [0.15, 0.2) is 24.3 Å². The molecule has 1 aromatic carbocycles. The molecular weight excluding hydrogens is 316 g/mol. The summed E-state index contributed by atoms with van der Waals surface area (Å²) in [5.74, 6) is -0.456. The summed E-state index contributed by atoms with van der Waals surface area (Å²) in [6.45, 7) is 2.33. The van der Waals surface area contributed by atoms with Crippen molar-refractivity contribution in [3.63, 3.8) is 0 Å². The maximum atomic E-state index is 12.7. The minimum atomic E-state index is -3.72. The van der Waals surface area contributed by atoms with Crippen LogP contribution >= 0.6 is 0 Å². The van der Waals surface area contributed by atoms with E-state index in [9.17, 15) is 13.2 Å². The summed E-state index contributed by atoms with van der Waals surface area (Å²) < 4.78 is 34.5. The van der Waals surface area contributed by atoms with Gasteiger partial charge in [0.1, 0.15) is 6.04 Å². The minimum absolute atomic E-state index is 0.223. The fourth-order valence-corrected chi connectivity index (χ4v) is 5.06. The van der Waals surface area contributed by atoms with E-state index >= 15 is 0 Å². The molecule has 1 fully saturated rings. The average molecular weight is 338 g/mol. The first-order valence-corrected chi connectivity index (χ1v) is 9.50. The van der Waals surface area contributed by atoms with Crippen molar-refractivity contribution < 1.29 is 17.9 Å². The molecule has 23 heavy (non-hydrogen) atoms. The van der Waals surface area contributed by atoms with Crippen molar-refractivity contribution in [1.82, 2.24) is 9.03 Å². The van der Waals surface area contributed by atoms with Gasteiger partial charge >= 0.3 is 5.97 Å². The van der Waals surface area contributed by atoms with Gasteiger partial charge in [0.2, 0.25) is 0 Å². The van der Waals surface area contributed by atoms with Crippen LogP contribution in [-0.4, -0.2) is 37.9 Å². The third-order valence-electron chi connectivity index (χ3n) is 4.50. The maximum absolute atomic E-state index is 12.7. The van der Waals surface area contributed by atoms with Crippen LogP contribution < -0.4 is 4.72 Å². The molecular formula is C16H22N2O4S. The molecule has 0 bridgehead atoms. The monoisotopic (exact) mass is 338 g/mol. The van der Waals surface area contributed by atoms with E-state index in [1.807, 2.05) is 24.3 Å². The second-order valence-corrected chi connectivity index (χ2v) is 7.59. The van der Waals surface area contributed by atoms with E-state index in [0.29, 0.717) is 19.4 Å². The fourth-order valence-electron chi connectivity index (χ4n) is 3.43. The van der Waals surface area contributed by atoms with Gasteiger partial charge in [0.25, 0.3) is 10.2 Å². The number of aryl methyl sites for hydroxylation is 1. The number of nitrogens with zero attached hydrogens (tertiary/aromatic N) is 1. The zero-order valence-corrected chi connectivity index (χ0v) is 14.0. The van der Waals surface area contributed by atoms with Crippen LogP contribution in [-0.2, 0) is 26.2 Å². The van der Waals surface area contributed by atoms with Crippen molar-refractivity contribution in [3.05, 3.63) is 35.4 Å². The van der Waals surface area contributed by atoms with Gasteiger partial charge in [0, 0.05) is 12.6 Å². The Labute approximate surface area is 137 Å². The fraction of sp³-hybridized carbons (Fsp3) is 0.562. The number of hydrogen-bond donors (Lipinski definition) is 1. The SMILES string of the molecule is CCOC(=O)[C@H]1CCCN1S(=O)(=O)N[C@H]1CCc2ccccc21. The second-order valence-electron chi connectivity index (χ2n) is 5.93. The largest absolute Gasteiger partial charge is 0.465 e. The van der Waals surface area contributed by atoms with Crippen molar-refractivity contribution in [2.45, 2.75) is 44.7 Å². The highest BCUT2D eigenvalue weighted by Crippen LogP contribution is 2.32. The van der Waals surface area contributed by atoms with Gasteiger partial charge in [-0.15, -0.1) is 0 Å². The lowest BCUT2D eigenvalue weighted by atomic mass is 10.1. The molecule has 1 N–H and O–H groups in total. The summed E-state index contributed by atoms with van der Waals surface area (Å²) in [7, 11) is -3.72. The first-order valence-electron chi connectivity index (χ1n) is 8.06. The van der Waals surface area contributed by atoms with Gasteiger partial charge in [-0.2, -0.15) is 17.4 Å². The molecule has 2 aliphatic rings. The lowest BCUT2D eigenvalue weighted by Gasteiger charge is -2.25. The number of ether oxygens (including phenoxy) is 1. The summed E-state index contributed by atoms with van der Waals surface area (Å²) in [6, 6.07) is 6.95. The minimum Gasteiger partial charge on any atom is -0.465 e. The van der Waals surface area contributed by atoms with Gasteiger partial charge in [-0.3, -0.25) is 4.79 Å². The van der Waals surface area contributed by atoms with Crippen molar-refractivity contribution in [1.29, 1.82) is 0 Å². The number of hydrogen-bond acceptors (Lipinski definition) is 4. The zero-order chi connectivity index (χ0) is 16.4. The number of carbonyl (C=O) groups is 1. The van der Waals surface area contributed by atoms with Crippen LogP contribution in [0.4, 0.5) is 0 Å². The Morgan fingerprint density at radius 3 is 2.91 bits per heavy atom. The van der Waals surface area contributed by atoms with Crippen LogP contribution in [0.5, 0.6) is 0 Å². The molecule has 1 saturated heterocycles. The van der Waals surface area contributed by atoms with Gasteiger partial charge in [-0.25, -0.2) is 0 Å². The van der Waals surface area contributed by atoms with Crippen LogP contribution in [0, 0.1) is 0 Å². The number of rotatable bonds is 5. The molecule has 0 amide bonds. The van der Waals surface area contributed by atoms with Gasteiger partial charge < -0.3 is 4.74 Å². The number of carbonyl (C=O) groups excluding carboxylic acids is 1. The Hall–Kier alpha value is -1.44. The molecule has 3 rings (SSSR count). The molecule has 0 aromatic heterocycles. The van der Waals surface area contributed by atoms with E-state index in [4.69, 9.17) is 4.74 Å². The Bertz CT molecular complexity index is 689. The van der Waals surface area contributed by atoms with Crippen molar-refractivity contribution in [3.8, 4) is 0 Å². The van der Waals surface area contributed by atoms with Crippen molar-refractivity contribution >= 4 is 16.2 Å². The molecule has 2 atom stereocenters. The highest BCUT2D eigenvalue weighted by molar-refractivity contribution is 7.87. The zero-order valence-electron chi connectivity index (χ0n) is 13.2. The van der Waals surface area contributed by atoms with Crippen molar-refractivity contribution in [2.75, 3.05) is 13.2 Å².